The maximum Gasteiger partial charge on any atom is 0.162 e. The number of aryl methyl sites for hydroxylation is 1. The number of piperidine rings is 1. The fourth-order valence-electron chi connectivity index (χ4n) is 2.34. The maximum atomic E-state index is 13.5. The van der Waals surface area contributed by atoms with Gasteiger partial charge >= 0.3 is 0 Å². The average Bonchev–Trinajstić information content (AvgIpc) is 2.27. The van der Waals surface area contributed by atoms with Crippen molar-refractivity contribution in [1.29, 1.82) is 0 Å². The molecule has 1 aliphatic heterocycles. The number of halogens is 2. The van der Waals surface area contributed by atoms with Crippen molar-refractivity contribution in [2.75, 3.05) is 13.1 Å². The number of nitrogens with one attached hydrogen (secondary N) is 1. The summed E-state index contributed by atoms with van der Waals surface area (Å²) >= 11 is 0. The predicted octanol–water partition coefficient (Wildman–Crippen LogP) is 2.82. The van der Waals surface area contributed by atoms with E-state index in [0.29, 0.717) is 17.9 Å². The number of rotatable bonds is 2. The summed E-state index contributed by atoms with van der Waals surface area (Å²) in [4.78, 5) is 0. The molecule has 0 saturated carbocycles. The third kappa shape index (κ3) is 2.59. The first-order valence-corrected chi connectivity index (χ1v) is 5.82. The molecular weight excluding hydrogens is 208 g/mol. The van der Waals surface area contributed by atoms with Crippen LogP contribution in [0.25, 0.3) is 0 Å². The molecule has 0 bridgehead atoms. The molecule has 3 heteroatoms. The molecule has 0 aliphatic carbocycles. The molecule has 1 heterocycles. The van der Waals surface area contributed by atoms with Crippen molar-refractivity contribution in [1.82, 2.24) is 5.32 Å². The Kier molecular flexibility index (Phi) is 3.54. The lowest BCUT2D eigenvalue weighted by Crippen LogP contribution is -2.28. The summed E-state index contributed by atoms with van der Waals surface area (Å²) in [5, 5.41) is 3.27. The molecule has 88 valence electrons. The zero-order valence-corrected chi connectivity index (χ0v) is 9.52. The van der Waals surface area contributed by atoms with Crippen molar-refractivity contribution in [3.63, 3.8) is 0 Å². The van der Waals surface area contributed by atoms with Gasteiger partial charge in [-0.05, 0) is 62.4 Å². The first kappa shape index (κ1) is 11.5. The van der Waals surface area contributed by atoms with E-state index in [1.807, 2.05) is 0 Å². The third-order valence-corrected chi connectivity index (χ3v) is 3.22. The first-order chi connectivity index (χ1) is 7.66. The maximum absolute atomic E-state index is 13.5. The second-order valence-electron chi connectivity index (χ2n) is 4.62. The van der Waals surface area contributed by atoms with Crippen LogP contribution in [0.4, 0.5) is 8.78 Å². The molecule has 0 radical (unpaired) electrons. The molecule has 0 amide bonds. The summed E-state index contributed by atoms with van der Waals surface area (Å²) < 4.78 is 26.8. The molecule has 1 aliphatic rings. The topological polar surface area (TPSA) is 12.0 Å². The van der Waals surface area contributed by atoms with Crippen molar-refractivity contribution in [2.24, 2.45) is 5.92 Å². The number of hydrogen-bond donors (Lipinski definition) is 1. The molecule has 16 heavy (non-hydrogen) atoms. The summed E-state index contributed by atoms with van der Waals surface area (Å²) in [6.07, 6.45) is 2.76. The smallest absolute Gasteiger partial charge is 0.162 e. The second-order valence-corrected chi connectivity index (χ2v) is 4.62. The number of hydrogen-bond acceptors (Lipinski definition) is 1. The number of benzene rings is 1. The molecule has 0 unspecified atom stereocenters. The summed E-state index contributed by atoms with van der Waals surface area (Å²) in [7, 11) is 0. The van der Waals surface area contributed by atoms with Gasteiger partial charge in [0.2, 0.25) is 0 Å². The lowest BCUT2D eigenvalue weighted by molar-refractivity contribution is 0.366. The van der Waals surface area contributed by atoms with E-state index in [4.69, 9.17) is 0 Å². The van der Waals surface area contributed by atoms with Gasteiger partial charge in [-0.3, -0.25) is 0 Å². The van der Waals surface area contributed by atoms with Crippen LogP contribution in [0, 0.1) is 24.5 Å². The Morgan fingerprint density at radius 2 is 1.94 bits per heavy atom. The van der Waals surface area contributed by atoms with Crippen LogP contribution in [0.1, 0.15) is 24.0 Å². The van der Waals surface area contributed by atoms with Crippen LogP contribution in [0.2, 0.25) is 0 Å². The van der Waals surface area contributed by atoms with E-state index >= 15 is 0 Å². The molecule has 1 N–H and O–H groups in total. The van der Waals surface area contributed by atoms with Gasteiger partial charge in [0.25, 0.3) is 0 Å². The molecule has 0 atom stereocenters. The molecule has 0 spiro atoms. The quantitative estimate of drug-likeness (QED) is 0.816. The van der Waals surface area contributed by atoms with E-state index < -0.39 is 11.6 Å². The molecular formula is C13H17F2N. The van der Waals surface area contributed by atoms with E-state index in [0.717, 1.165) is 31.5 Å². The minimum Gasteiger partial charge on any atom is -0.317 e. The Balaban J connectivity index is 2.13. The molecule has 1 saturated heterocycles. The fourth-order valence-corrected chi connectivity index (χ4v) is 2.34. The van der Waals surface area contributed by atoms with Crippen molar-refractivity contribution in [2.45, 2.75) is 26.2 Å². The monoisotopic (exact) mass is 225 g/mol. The van der Waals surface area contributed by atoms with Gasteiger partial charge in [-0.1, -0.05) is 6.07 Å². The van der Waals surface area contributed by atoms with Gasteiger partial charge in [-0.15, -0.1) is 0 Å². The summed E-state index contributed by atoms with van der Waals surface area (Å²) in [5.41, 5.74) is 1.33. The summed E-state index contributed by atoms with van der Waals surface area (Å²) in [5.74, 6) is -0.898. The lowest BCUT2D eigenvalue weighted by Gasteiger charge is -2.22. The highest BCUT2D eigenvalue weighted by Gasteiger charge is 2.17. The SMILES string of the molecule is Cc1cc(F)c(F)c(CC2CCNCC2)c1. The van der Waals surface area contributed by atoms with Gasteiger partial charge in [0.05, 0.1) is 0 Å². The van der Waals surface area contributed by atoms with Gasteiger partial charge < -0.3 is 5.32 Å². The Morgan fingerprint density at radius 1 is 1.25 bits per heavy atom. The van der Waals surface area contributed by atoms with Crippen LogP contribution in [0.15, 0.2) is 12.1 Å². The van der Waals surface area contributed by atoms with Crippen LogP contribution >= 0.6 is 0 Å². The van der Waals surface area contributed by atoms with Crippen LogP contribution in [0.3, 0.4) is 0 Å². The second kappa shape index (κ2) is 4.91. The molecule has 1 nitrogen and oxygen atoms in total. The molecule has 2 rings (SSSR count). The zero-order valence-electron chi connectivity index (χ0n) is 9.52. The Morgan fingerprint density at radius 3 is 2.62 bits per heavy atom. The fraction of sp³-hybridized carbons (Fsp3) is 0.538. The van der Waals surface area contributed by atoms with Crippen molar-refractivity contribution in [3.05, 3.63) is 34.9 Å². The summed E-state index contributed by atoms with van der Waals surface area (Å²) in [6.45, 7) is 3.77. The highest BCUT2D eigenvalue weighted by Crippen LogP contribution is 2.22. The zero-order chi connectivity index (χ0) is 11.5. The average molecular weight is 225 g/mol. The third-order valence-electron chi connectivity index (χ3n) is 3.22. The van der Waals surface area contributed by atoms with Crippen LogP contribution in [-0.4, -0.2) is 13.1 Å². The van der Waals surface area contributed by atoms with E-state index in [2.05, 4.69) is 5.32 Å². The van der Waals surface area contributed by atoms with E-state index in [1.165, 1.54) is 6.07 Å². The van der Waals surface area contributed by atoms with Gasteiger partial charge in [0.1, 0.15) is 0 Å². The van der Waals surface area contributed by atoms with Gasteiger partial charge in [0.15, 0.2) is 11.6 Å². The van der Waals surface area contributed by atoms with Crippen LogP contribution < -0.4 is 5.32 Å². The predicted molar refractivity (Wildman–Crippen MR) is 60.4 cm³/mol. The van der Waals surface area contributed by atoms with E-state index in [1.54, 1.807) is 13.0 Å². The minimum absolute atomic E-state index is 0.483. The van der Waals surface area contributed by atoms with E-state index in [9.17, 15) is 8.78 Å². The highest BCUT2D eigenvalue weighted by molar-refractivity contribution is 5.26. The Bertz CT molecular complexity index is 370. The molecule has 1 aromatic rings. The van der Waals surface area contributed by atoms with Crippen molar-refractivity contribution in [3.8, 4) is 0 Å². The standard InChI is InChI=1S/C13H17F2N/c1-9-6-11(13(15)12(14)7-9)8-10-2-4-16-5-3-10/h6-7,10,16H,2-5,8H2,1H3. The molecule has 1 aromatic carbocycles. The lowest BCUT2D eigenvalue weighted by atomic mass is 9.90. The Labute approximate surface area is 94.9 Å². The highest BCUT2D eigenvalue weighted by atomic mass is 19.2. The molecule has 0 aromatic heterocycles. The van der Waals surface area contributed by atoms with Gasteiger partial charge in [-0.25, -0.2) is 8.78 Å². The molecule has 1 fully saturated rings. The Hall–Kier alpha value is -0.960. The van der Waals surface area contributed by atoms with Crippen LogP contribution in [-0.2, 0) is 6.42 Å². The van der Waals surface area contributed by atoms with Gasteiger partial charge in [0, 0.05) is 0 Å². The minimum atomic E-state index is -0.719. The van der Waals surface area contributed by atoms with Crippen molar-refractivity contribution < 1.29 is 8.78 Å². The normalized spacial score (nSPS) is 17.7. The largest absolute Gasteiger partial charge is 0.317 e. The summed E-state index contributed by atoms with van der Waals surface area (Å²) in [6, 6.07) is 3.02. The van der Waals surface area contributed by atoms with Crippen molar-refractivity contribution >= 4 is 0 Å². The van der Waals surface area contributed by atoms with E-state index in [-0.39, 0.29) is 0 Å². The van der Waals surface area contributed by atoms with Gasteiger partial charge in [-0.2, -0.15) is 0 Å². The van der Waals surface area contributed by atoms with Crippen LogP contribution in [0.5, 0.6) is 0 Å². The first-order valence-electron chi connectivity index (χ1n) is 5.82.